The Kier molecular flexibility index (Phi) is 5.67. The molecule has 136 valence electrons. The Balaban J connectivity index is 1.74. The highest BCUT2D eigenvalue weighted by Gasteiger charge is 2.38. The Morgan fingerprint density at radius 3 is 2.72 bits per heavy atom. The molecule has 3 atom stereocenters. The van der Waals surface area contributed by atoms with Gasteiger partial charge in [0, 0.05) is 30.3 Å². The van der Waals surface area contributed by atoms with Crippen LogP contribution in [0.2, 0.25) is 0 Å². The Bertz CT molecular complexity index is 640. The van der Waals surface area contributed by atoms with E-state index >= 15 is 0 Å². The predicted molar refractivity (Wildman–Crippen MR) is 99.8 cm³/mol. The van der Waals surface area contributed by atoms with E-state index in [9.17, 15) is 4.79 Å². The summed E-state index contributed by atoms with van der Waals surface area (Å²) in [5, 5.41) is 0. The minimum absolute atomic E-state index is 0.127. The van der Waals surface area contributed by atoms with Crippen molar-refractivity contribution in [2.24, 2.45) is 11.8 Å². The van der Waals surface area contributed by atoms with Gasteiger partial charge in [-0.3, -0.25) is 4.79 Å². The highest BCUT2D eigenvalue weighted by Crippen LogP contribution is 2.39. The number of benzene rings is 1. The summed E-state index contributed by atoms with van der Waals surface area (Å²) in [6.45, 7) is 3.23. The molecule has 0 N–H and O–H groups in total. The second-order valence-corrected chi connectivity index (χ2v) is 7.25. The van der Waals surface area contributed by atoms with Gasteiger partial charge in [0.2, 0.25) is 5.91 Å². The van der Waals surface area contributed by atoms with Crippen LogP contribution in [0.15, 0.2) is 24.3 Å². The lowest BCUT2D eigenvalue weighted by Gasteiger charge is -2.47. The Morgan fingerprint density at radius 2 is 1.96 bits per heavy atom. The van der Waals surface area contributed by atoms with Crippen molar-refractivity contribution < 1.29 is 14.3 Å². The van der Waals surface area contributed by atoms with Crippen molar-refractivity contribution in [3.8, 4) is 11.5 Å². The number of rotatable bonds is 4. The van der Waals surface area contributed by atoms with Crippen molar-refractivity contribution >= 4 is 12.0 Å². The number of nitrogens with zero attached hydrogens (tertiary/aromatic N) is 1. The van der Waals surface area contributed by atoms with Crippen LogP contribution in [0.3, 0.4) is 0 Å². The number of carbonyl (C=O) groups excluding carboxylic acids is 1. The lowest BCUT2D eigenvalue weighted by atomic mass is 9.72. The van der Waals surface area contributed by atoms with Crippen LogP contribution in [0.1, 0.15) is 44.6 Å². The Morgan fingerprint density at radius 1 is 1.16 bits per heavy atom. The van der Waals surface area contributed by atoms with Gasteiger partial charge >= 0.3 is 0 Å². The van der Waals surface area contributed by atoms with Crippen LogP contribution in [0.4, 0.5) is 0 Å². The molecule has 1 saturated heterocycles. The molecule has 0 spiro atoms. The van der Waals surface area contributed by atoms with E-state index in [-0.39, 0.29) is 5.91 Å². The zero-order chi connectivity index (χ0) is 17.8. The van der Waals surface area contributed by atoms with Gasteiger partial charge < -0.3 is 14.4 Å². The molecule has 3 rings (SSSR count). The van der Waals surface area contributed by atoms with Crippen molar-refractivity contribution in [2.45, 2.75) is 45.1 Å². The van der Waals surface area contributed by atoms with Crippen molar-refractivity contribution in [3.05, 3.63) is 29.8 Å². The summed E-state index contributed by atoms with van der Waals surface area (Å²) in [5.74, 6) is 3.00. The molecule has 1 amide bonds. The molecule has 1 saturated carbocycles. The highest BCUT2D eigenvalue weighted by molar-refractivity contribution is 5.92. The molecule has 3 unspecified atom stereocenters. The molecule has 1 aromatic rings. The molecular formula is C21H29NO3. The van der Waals surface area contributed by atoms with Crippen molar-refractivity contribution in [3.63, 3.8) is 0 Å². The SMILES string of the molecule is COc1ccc(/C=C/C(=O)N2CCC(C)C3CCCCC32)c(OC)c1. The standard InChI is InChI=1S/C21H29NO3/c1-15-12-13-22(19-7-5-4-6-18(15)19)21(23)11-9-16-8-10-17(24-2)14-20(16)25-3/h8-11,14-15,18-19H,4-7,12-13H2,1-3H3/b11-9+. The average molecular weight is 343 g/mol. The summed E-state index contributed by atoms with van der Waals surface area (Å²) in [5.41, 5.74) is 0.891. The van der Waals surface area contributed by atoms with E-state index in [0.29, 0.717) is 17.7 Å². The van der Waals surface area contributed by atoms with E-state index in [1.807, 2.05) is 24.3 Å². The zero-order valence-electron chi connectivity index (χ0n) is 15.5. The average Bonchev–Trinajstić information content (AvgIpc) is 2.66. The maximum atomic E-state index is 12.8. The van der Waals surface area contributed by atoms with Crippen LogP contribution < -0.4 is 9.47 Å². The van der Waals surface area contributed by atoms with Crippen LogP contribution >= 0.6 is 0 Å². The monoisotopic (exact) mass is 343 g/mol. The maximum absolute atomic E-state index is 12.8. The summed E-state index contributed by atoms with van der Waals surface area (Å²) < 4.78 is 10.6. The molecule has 1 aliphatic heterocycles. The second-order valence-electron chi connectivity index (χ2n) is 7.25. The first-order valence-corrected chi connectivity index (χ1v) is 9.34. The number of amides is 1. The number of fused-ring (bicyclic) bond motifs is 1. The number of hydrogen-bond acceptors (Lipinski definition) is 3. The summed E-state index contributed by atoms with van der Waals surface area (Å²) in [6.07, 6.45) is 9.65. The number of likely N-dealkylation sites (tertiary alicyclic amines) is 1. The molecule has 2 aliphatic rings. The molecule has 0 aromatic heterocycles. The van der Waals surface area contributed by atoms with Gasteiger partial charge in [0.25, 0.3) is 0 Å². The highest BCUT2D eigenvalue weighted by atomic mass is 16.5. The third-order valence-electron chi connectivity index (χ3n) is 5.87. The number of hydrogen-bond donors (Lipinski definition) is 0. The molecule has 4 nitrogen and oxygen atoms in total. The quantitative estimate of drug-likeness (QED) is 0.771. The van der Waals surface area contributed by atoms with Gasteiger partial charge in [-0.2, -0.15) is 0 Å². The summed E-state index contributed by atoms with van der Waals surface area (Å²) >= 11 is 0. The van der Waals surface area contributed by atoms with Gasteiger partial charge in [-0.25, -0.2) is 0 Å². The number of carbonyl (C=O) groups is 1. The molecule has 1 heterocycles. The minimum atomic E-state index is 0.127. The van der Waals surface area contributed by atoms with Gasteiger partial charge in [0.15, 0.2) is 0 Å². The van der Waals surface area contributed by atoms with Crippen molar-refractivity contribution in [1.82, 2.24) is 4.90 Å². The van der Waals surface area contributed by atoms with E-state index in [0.717, 1.165) is 36.6 Å². The molecular weight excluding hydrogens is 314 g/mol. The van der Waals surface area contributed by atoms with E-state index < -0.39 is 0 Å². The molecule has 1 aromatic carbocycles. The number of piperidine rings is 1. The fourth-order valence-electron chi connectivity index (χ4n) is 4.40. The van der Waals surface area contributed by atoms with Gasteiger partial charge in [-0.15, -0.1) is 0 Å². The van der Waals surface area contributed by atoms with Crippen molar-refractivity contribution in [2.75, 3.05) is 20.8 Å². The van der Waals surface area contributed by atoms with Crippen LogP contribution in [0, 0.1) is 11.8 Å². The Hall–Kier alpha value is -1.97. The second kappa shape index (κ2) is 7.94. The normalized spacial score (nSPS) is 26.4. The summed E-state index contributed by atoms with van der Waals surface area (Å²) in [6, 6.07) is 6.06. The fraction of sp³-hybridized carbons (Fsp3) is 0.571. The summed E-state index contributed by atoms with van der Waals surface area (Å²) in [4.78, 5) is 14.9. The molecule has 4 heteroatoms. The third kappa shape index (κ3) is 3.83. The number of methoxy groups -OCH3 is 2. The Labute approximate surface area is 150 Å². The van der Waals surface area contributed by atoms with Crippen LogP contribution in [-0.2, 0) is 4.79 Å². The van der Waals surface area contributed by atoms with E-state index in [1.165, 1.54) is 19.3 Å². The van der Waals surface area contributed by atoms with E-state index in [2.05, 4.69) is 11.8 Å². The van der Waals surface area contributed by atoms with Gasteiger partial charge in [-0.1, -0.05) is 19.8 Å². The van der Waals surface area contributed by atoms with Gasteiger partial charge in [0.05, 0.1) is 14.2 Å². The third-order valence-corrected chi connectivity index (χ3v) is 5.87. The van der Waals surface area contributed by atoms with Crippen molar-refractivity contribution in [1.29, 1.82) is 0 Å². The zero-order valence-corrected chi connectivity index (χ0v) is 15.5. The van der Waals surface area contributed by atoms with Gasteiger partial charge in [-0.05, 0) is 49.3 Å². The maximum Gasteiger partial charge on any atom is 0.246 e. The van der Waals surface area contributed by atoms with Gasteiger partial charge in [0.1, 0.15) is 11.5 Å². The van der Waals surface area contributed by atoms with Crippen LogP contribution in [0.5, 0.6) is 11.5 Å². The first-order chi connectivity index (χ1) is 12.1. The molecule has 2 fully saturated rings. The van der Waals surface area contributed by atoms with E-state index in [1.54, 1.807) is 20.3 Å². The van der Waals surface area contributed by atoms with Crippen LogP contribution in [0.25, 0.3) is 6.08 Å². The summed E-state index contributed by atoms with van der Waals surface area (Å²) in [7, 11) is 3.26. The predicted octanol–water partition coefficient (Wildman–Crippen LogP) is 4.14. The first kappa shape index (κ1) is 17.8. The smallest absolute Gasteiger partial charge is 0.246 e. The molecule has 1 aliphatic carbocycles. The number of ether oxygens (including phenoxy) is 2. The lowest BCUT2D eigenvalue weighted by Crippen LogP contribution is -2.51. The lowest BCUT2D eigenvalue weighted by molar-refractivity contribution is -0.133. The molecule has 25 heavy (non-hydrogen) atoms. The van der Waals surface area contributed by atoms with E-state index in [4.69, 9.17) is 9.47 Å². The molecule has 0 radical (unpaired) electrons. The topological polar surface area (TPSA) is 38.8 Å². The van der Waals surface area contributed by atoms with Crippen LogP contribution in [-0.4, -0.2) is 37.6 Å². The minimum Gasteiger partial charge on any atom is -0.497 e. The first-order valence-electron chi connectivity index (χ1n) is 9.34. The molecule has 0 bridgehead atoms. The fourth-order valence-corrected chi connectivity index (χ4v) is 4.40. The largest absolute Gasteiger partial charge is 0.497 e.